The molecular weight excluding hydrogens is 450 g/mol. The van der Waals surface area contributed by atoms with Crippen molar-refractivity contribution in [2.45, 2.75) is 4.90 Å². The second-order valence-electron chi connectivity index (χ2n) is 6.57. The maximum atomic E-state index is 10.5. The molecule has 0 radical (unpaired) electrons. The minimum Gasteiger partial charge on any atom is -0.503 e. The predicted octanol–water partition coefficient (Wildman–Crippen LogP) is 6.37. The van der Waals surface area contributed by atoms with Gasteiger partial charge in [-0.15, -0.1) is 0 Å². The first-order valence-corrected chi connectivity index (χ1v) is 10.8. The van der Waals surface area contributed by atoms with Crippen LogP contribution in [0.3, 0.4) is 0 Å². The number of benzene rings is 3. The normalized spacial score (nSPS) is 10.8. The highest BCUT2D eigenvalue weighted by atomic mass is 35.5. The van der Waals surface area contributed by atoms with Gasteiger partial charge in [-0.3, -0.25) is 0 Å². The molecule has 2 N–H and O–H groups in total. The molecule has 0 unspecified atom stereocenters. The lowest BCUT2D eigenvalue weighted by molar-refractivity contribution is 0.324. The van der Waals surface area contributed by atoms with Gasteiger partial charge in [0, 0.05) is 9.92 Å². The SMILES string of the molecule is COc1cc(/C=C\c2cc(OC)c(OC)c(OC)c2)cc(NSc2cccc(Cl)c2)c1O. The molecule has 0 aliphatic carbocycles. The van der Waals surface area contributed by atoms with Crippen LogP contribution in [0.4, 0.5) is 5.69 Å². The topological polar surface area (TPSA) is 69.2 Å². The summed E-state index contributed by atoms with van der Waals surface area (Å²) in [6.07, 6.45) is 3.81. The van der Waals surface area contributed by atoms with E-state index in [-0.39, 0.29) is 5.75 Å². The molecule has 0 amide bonds. The van der Waals surface area contributed by atoms with Gasteiger partial charge in [0.2, 0.25) is 5.75 Å². The third kappa shape index (κ3) is 5.55. The van der Waals surface area contributed by atoms with Crippen molar-refractivity contribution in [3.05, 3.63) is 64.7 Å². The Morgan fingerprint density at radius 1 is 0.812 bits per heavy atom. The average Bonchev–Trinajstić information content (AvgIpc) is 2.81. The van der Waals surface area contributed by atoms with Crippen LogP contribution in [0.5, 0.6) is 28.7 Å². The van der Waals surface area contributed by atoms with Gasteiger partial charge in [-0.05, 0) is 65.5 Å². The number of anilines is 1. The Morgan fingerprint density at radius 2 is 1.41 bits per heavy atom. The van der Waals surface area contributed by atoms with E-state index in [0.29, 0.717) is 33.7 Å². The molecule has 0 saturated heterocycles. The maximum absolute atomic E-state index is 10.5. The van der Waals surface area contributed by atoms with Crippen LogP contribution in [-0.2, 0) is 0 Å². The number of phenols is 1. The monoisotopic (exact) mass is 473 g/mol. The molecule has 0 aliphatic heterocycles. The highest BCUT2D eigenvalue weighted by Gasteiger charge is 2.13. The molecule has 3 rings (SSSR count). The lowest BCUT2D eigenvalue weighted by atomic mass is 10.1. The Morgan fingerprint density at radius 3 is 1.97 bits per heavy atom. The fourth-order valence-corrected chi connectivity index (χ4v) is 3.96. The number of halogens is 1. The lowest BCUT2D eigenvalue weighted by Crippen LogP contribution is -1.95. The van der Waals surface area contributed by atoms with Gasteiger partial charge < -0.3 is 28.8 Å². The molecule has 168 valence electrons. The number of ether oxygens (including phenoxy) is 4. The van der Waals surface area contributed by atoms with Crippen LogP contribution in [0.2, 0.25) is 5.02 Å². The van der Waals surface area contributed by atoms with Gasteiger partial charge in [-0.2, -0.15) is 0 Å². The fourth-order valence-electron chi connectivity index (χ4n) is 2.99. The van der Waals surface area contributed by atoms with Gasteiger partial charge >= 0.3 is 0 Å². The first-order chi connectivity index (χ1) is 15.5. The summed E-state index contributed by atoms with van der Waals surface area (Å²) in [7, 11) is 6.22. The molecule has 3 aromatic carbocycles. The minimum absolute atomic E-state index is 0.0203. The van der Waals surface area contributed by atoms with E-state index in [2.05, 4.69) is 4.72 Å². The lowest BCUT2D eigenvalue weighted by Gasteiger charge is -2.13. The Bertz CT molecular complexity index is 1090. The largest absolute Gasteiger partial charge is 0.503 e. The van der Waals surface area contributed by atoms with Gasteiger partial charge in [0.25, 0.3) is 0 Å². The van der Waals surface area contributed by atoms with Crippen molar-refractivity contribution in [1.82, 2.24) is 0 Å². The van der Waals surface area contributed by atoms with Crippen molar-refractivity contribution >= 4 is 41.4 Å². The van der Waals surface area contributed by atoms with Crippen molar-refractivity contribution in [3.63, 3.8) is 0 Å². The zero-order valence-electron chi connectivity index (χ0n) is 18.1. The van der Waals surface area contributed by atoms with E-state index in [4.69, 9.17) is 30.5 Å². The molecule has 0 aromatic heterocycles. The summed E-state index contributed by atoms with van der Waals surface area (Å²) in [6.45, 7) is 0. The molecule has 3 aromatic rings. The highest BCUT2D eigenvalue weighted by molar-refractivity contribution is 8.00. The summed E-state index contributed by atoms with van der Waals surface area (Å²) in [5.41, 5.74) is 2.19. The van der Waals surface area contributed by atoms with Crippen molar-refractivity contribution in [2.75, 3.05) is 33.2 Å². The third-order valence-electron chi connectivity index (χ3n) is 4.55. The molecule has 0 atom stereocenters. The van der Waals surface area contributed by atoms with Gasteiger partial charge in [0.05, 0.1) is 34.1 Å². The fraction of sp³-hybridized carbons (Fsp3) is 0.167. The second-order valence-corrected chi connectivity index (χ2v) is 7.89. The number of methoxy groups -OCH3 is 4. The maximum Gasteiger partial charge on any atom is 0.203 e. The molecule has 0 bridgehead atoms. The van der Waals surface area contributed by atoms with Crippen LogP contribution in [-0.4, -0.2) is 33.5 Å². The number of hydrogen-bond acceptors (Lipinski definition) is 7. The van der Waals surface area contributed by atoms with E-state index < -0.39 is 0 Å². The molecule has 32 heavy (non-hydrogen) atoms. The van der Waals surface area contributed by atoms with E-state index >= 15 is 0 Å². The number of nitrogens with one attached hydrogen (secondary N) is 1. The number of rotatable bonds is 9. The molecule has 0 saturated carbocycles. The Labute approximate surface area is 196 Å². The minimum atomic E-state index is 0.0203. The third-order valence-corrected chi connectivity index (χ3v) is 5.59. The van der Waals surface area contributed by atoms with Crippen LogP contribution in [0.1, 0.15) is 11.1 Å². The van der Waals surface area contributed by atoms with Crippen molar-refractivity contribution < 1.29 is 24.1 Å². The van der Waals surface area contributed by atoms with Crippen LogP contribution >= 0.6 is 23.5 Å². The highest BCUT2D eigenvalue weighted by Crippen LogP contribution is 2.40. The quantitative estimate of drug-likeness (QED) is 0.212. The molecule has 8 heteroatoms. The molecular formula is C24H24ClNO5S. The van der Waals surface area contributed by atoms with Gasteiger partial charge in [0.15, 0.2) is 23.0 Å². The van der Waals surface area contributed by atoms with Crippen LogP contribution < -0.4 is 23.7 Å². The van der Waals surface area contributed by atoms with Crippen LogP contribution in [0, 0.1) is 0 Å². The summed E-state index contributed by atoms with van der Waals surface area (Å²) in [5, 5.41) is 11.2. The molecule has 0 fully saturated rings. The summed E-state index contributed by atoms with van der Waals surface area (Å²) in [5.74, 6) is 2.03. The zero-order valence-corrected chi connectivity index (χ0v) is 19.7. The van der Waals surface area contributed by atoms with E-state index in [1.807, 2.05) is 48.6 Å². The van der Waals surface area contributed by atoms with E-state index in [9.17, 15) is 5.11 Å². The van der Waals surface area contributed by atoms with Gasteiger partial charge in [-0.25, -0.2) is 0 Å². The molecule has 0 aliphatic rings. The van der Waals surface area contributed by atoms with Crippen LogP contribution in [0.25, 0.3) is 12.2 Å². The summed E-state index contributed by atoms with van der Waals surface area (Å²) >= 11 is 7.38. The van der Waals surface area contributed by atoms with E-state index in [1.54, 1.807) is 33.5 Å². The molecule has 0 spiro atoms. The Balaban J connectivity index is 1.89. The predicted molar refractivity (Wildman–Crippen MR) is 131 cm³/mol. The number of phenolic OH excluding ortho intramolecular Hbond substituents is 1. The summed E-state index contributed by atoms with van der Waals surface area (Å²) in [4.78, 5) is 0.911. The van der Waals surface area contributed by atoms with E-state index in [1.165, 1.54) is 19.1 Å². The number of aromatic hydroxyl groups is 1. The smallest absolute Gasteiger partial charge is 0.203 e. The molecule has 6 nitrogen and oxygen atoms in total. The zero-order chi connectivity index (χ0) is 23.1. The van der Waals surface area contributed by atoms with Crippen LogP contribution in [0.15, 0.2) is 53.4 Å². The Hall–Kier alpha value is -3.16. The second kappa shape index (κ2) is 10.9. The number of hydrogen-bond donors (Lipinski definition) is 2. The van der Waals surface area contributed by atoms with Gasteiger partial charge in [-0.1, -0.05) is 29.8 Å². The van der Waals surface area contributed by atoms with Gasteiger partial charge in [0.1, 0.15) is 0 Å². The first-order valence-electron chi connectivity index (χ1n) is 9.56. The molecule has 0 heterocycles. The van der Waals surface area contributed by atoms with E-state index in [0.717, 1.165) is 16.0 Å². The van der Waals surface area contributed by atoms with Crippen molar-refractivity contribution in [3.8, 4) is 28.7 Å². The summed E-state index contributed by atoms with van der Waals surface area (Å²) < 4.78 is 24.7. The van der Waals surface area contributed by atoms with Crippen molar-refractivity contribution in [1.29, 1.82) is 0 Å². The average molecular weight is 474 g/mol. The standard InChI is InChI=1S/C24H24ClNO5S/c1-28-20-11-15(8-9-16-12-21(29-2)24(31-4)22(13-16)30-3)10-19(23(20)27)26-32-18-7-5-6-17(25)14-18/h5-14,26-27H,1-4H3/b9-8-. The first kappa shape index (κ1) is 23.5. The van der Waals surface area contributed by atoms with Crippen molar-refractivity contribution in [2.24, 2.45) is 0 Å². The Kier molecular flexibility index (Phi) is 8.03. The summed E-state index contributed by atoms with van der Waals surface area (Å²) in [6, 6.07) is 14.7.